The highest BCUT2D eigenvalue weighted by atomic mass is 32.2. The predicted molar refractivity (Wildman–Crippen MR) is 246 cm³/mol. The van der Waals surface area contributed by atoms with Crippen LogP contribution in [0.15, 0.2) is 130 Å². The van der Waals surface area contributed by atoms with Crippen LogP contribution in [0.1, 0.15) is 110 Å². The van der Waals surface area contributed by atoms with Crippen LogP contribution in [-0.2, 0) is 42.2 Å². The van der Waals surface area contributed by atoms with E-state index in [0.717, 1.165) is 89.0 Å². The highest BCUT2D eigenvalue weighted by molar-refractivity contribution is 7.86. The number of carbonyl (C=O) groups is 1. The molecule has 0 saturated heterocycles. The summed E-state index contributed by atoms with van der Waals surface area (Å²) in [6.07, 6.45) is 12.4. The van der Waals surface area contributed by atoms with Crippen molar-refractivity contribution in [1.29, 1.82) is 0 Å². The van der Waals surface area contributed by atoms with Gasteiger partial charge in [0.05, 0.1) is 9.79 Å². The van der Waals surface area contributed by atoms with Crippen LogP contribution in [0.25, 0.3) is 0 Å². The van der Waals surface area contributed by atoms with Gasteiger partial charge in [0.25, 0.3) is 20.2 Å². The first-order valence-corrected chi connectivity index (χ1v) is 23.9. The van der Waals surface area contributed by atoms with E-state index in [1.54, 1.807) is 18.2 Å². The van der Waals surface area contributed by atoms with Gasteiger partial charge in [0.2, 0.25) is 0 Å². The van der Waals surface area contributed by atoms with Gasteiger partial charge in [0.15, 0.2) is 0 Å². The van der Waals surface area contributed by atoms with Crippen LogP contribution in [0.4, 0.5) is 10.5 Å². The van der Waals surface area contributed by atoms with Crippen molar-refractivity contribution >= 4 is 32.0 Å². The first kappa shape index (κ1) is 48.1. The standard InChI is InChI=1S/C49H62N2O9S2/c1-11-12-30-51-43-26-25-40(62(56,57)58)32-42(43)49(9,10)44(51)27-21-37-15-13-14-36(20-17-34(3)48(7,8)41-31-39(61(53,54)55)24-16-33(41)2)45(37)59-38-22-18-35(19-23-38)28-29-50-46(52)60-47(4,5)6/h16-27,31-32H,3,11-15,28-30H2,1-2,4-10H3,(H,50,52)(H,53,54,55)(H,56,57,58)/b20-17+,37-21+,44-27+. The molecule has 3 aromatic carbocycles. The van der Waals surface area contributed by atoms with Gasteiger partial charge in [-0.15, -0.1) is 0 Å². The highest BCUT2D eigenvalue weighted by Gasteiger charge is 2.40. The van der Waals surface area contributed by atoms with Crippen LogP contribution in [0.5, 0.6) is 5.75 Å². The monoisotopic (exact) mass is 886 g/mol. The number of carbonyl (C=O) groups excluding carboxylic acids is 1. The van der Waals surface area contributed by atoms with Gasteiger partial charge in [-0.1, -0.05) is 84.0 Å². The Bertz CT molecular complexity index is 2540. The molecule has 62 heavy (non-hydrogen) atoms. The normalized spacial score (nSPS) is 17.2. The van der Waals surface area contributed by atoms with Crippen LogP contribution in [0, 0.1) is 6.92 Å². The molecule has 13 heteroatoms. The van der Waals surface area contributed by atoms with E-state index in [0.29, 0.717) is 24.5 Å². The number of anilines is 1. The van der Waals surface area contributed by atoms with E-state index in [2.05, 4.69) is 49.7 Å². The van der Waals surface area contributed by atoms with Crippen molar-refractivity contribution in [2.24, 2.45) is 0 Å². The van der Waals surface area contributed by atoms with Crippen molar-refractivity contribution < 1.29 is 40.2 Å². The molecule has 0 aromatic heterocycles. The zero-order valence-electron chi connectivity index (χ0n) is 37.5. The van der Waals surface area contributed by atoms with E-state index >= 15 is 0 Å². The first-order valence-electron chi connectivity index (χ1n) is 21.1. The van der Waals surface area contributed by atoms with Crippen molar-refractivity contribution in [3.63, 3.8) is 0 Å². The number of allylic oxidation sites excluding steroid dienone is 8. The molecule has 0 bridgehead atoms. The highest BCUT2D eigenvalue weighted by Crippen LogP contribution is 2.49. The average molecular weight is 887 g/mol. The fraction of sp³-hybridized carbons (Fsp3) is 0.408. The van der Waals surface area contributed by atoms with Gasteiger partial charge in [-0.3, -0.25) is 9.11 Å². The van der Waals surface area contributed by atoms with Gasteiger partial charge in [-0.05, 0) is 147 Å². The topological polar surface area (TPSA) is 160 Å². The Balaban J connectivity index is 1.54. The molecule has 334 valence electrons. The summed E-state index contributed by atoms with van der Waals surface area (Å²) in [5.41, 5.74) is 6.06. The Morgan fingerprint density at radius 3 is 2.19 bits per heavy atom. The second-order valence-electron chi connectivity index (χ2n) is 18.1. The van der Waals surface area contributed by atoms with E-state index in [-0.39, 0.29) is 9.79 Å². The lowest BCUT2D eigenvalue weighted by atomic mass is 9.76. The molecule has 0 unspecified atom stereocenters. The van der Waals surface area contributed by atoms with Gasteiger partial charge >= 0.3 is 6.09 Å². The molecule has 0 atom stereocenters. The molecule has 3 aromatic rings. The summed E-state index contributed by atoms with van der Waals surface area (Å²) < 4.78 is 80.3. The number of hydrogen-bond donors (Lipinski definition) is 3. The van der Waals surface area contributed by atoms with Gasteiger partial charge in [-0.25, -0.2) is 4.79 Å². The number of ether oxygens (including phenoxy) is 2. The van der Waals surface area contributed by atoms with Gasteiger partial charge < -0.3 is 19.7 Å². The molecule has 3 N–H and O–H groups in total. The minimum atomic E-state index is -4.41. The molecule has 0 spiro atoms. The summed E-state index contributed by atoms with van der Waals surface area (Å²) >= 11 is 0. The Morgan fingerprint density at radius 1 is 0.919 bits per heavy atom. The number of hydrogen-bond acceptors (Lipinski definition) is 8. The molecule has 11 nitrogen and oxygen atoms in total. The fourth-order valence-corrected chi connectivity index (χ4v) is 8.90. The maximum Gasteiger partial charge on any atom is 0.407 e. The second kappa shape index (κ2) is 18.8. The van der Waals surface area contributed by atoms with Crippen LogP contribution in [-0.4, -0.2) is 50.7 Å². The number of nitrogens with one attached hydrogen (secondary N) is 1. The Hall–Kier alpha value is -4.95. The molecule has 0 radical (unpaired) electrons. The molecule has 1 aliphatic heterocycles. The summed E-state index contributed by atoms with van der Waals surface area (Å²) in [6, 6.07) is 17.1. The third-order valence-electron chi connectivity index (χ3n) is 11.5. The lowest BCUT2D eigenvalue weighted by Gasteiger charge is -2.29. The molecule has 1 heterocycles. The largest absolute Gasteiger partial charge is 0.457 e. The third-order valence-corrected chi connectivity index (χ3v) is 13.2. The Morgan fingerprint density at radius 2 is 1.56 bits per heavy atom. The van der Waals surface area contributed by atoms with Crippen molar-refractivity contribution in [1.82, 2.24) is 5.32 Å². The number of alkyl carbamates (subject to hydrolysis) is 1. The maximum absolute atomic E-state index is 12.2. The molecule has 1 amide bonds. The minimum absolute atomic E-state index is 0.141. The first-order chi connectivity index (χ1) is 28.8. The second-order valence-corrected chi connectivity index (χ2v) is 20.9. The lowest BCUT2D eigenvalue weighted by Crippen LogP contribution is -2.33. The van der Waals surface area contributed by atoms with Crippen molar-refractivity contribution in [2.75, 3.05) is 18.0 Å². The summed E-state index contributed by atoms with van der Waals surface area (Å²) in [7, 11) is -8.81. The zero-order chi connectivity index (χ0) is 45.8. The van der Waals surface area contributed by atoms with Gasteiger partial charge in [-0.2, -0.15) is 16.8 Å². The maximum atomic E-state index is 12.2. The van der Waals surface area contributed by atoms with E-state index in [1.165, 1.54) is 18.2 Å². The van der Waals surface area contributed by atoms with Gasteiger partial charge in [0, 0.05) is 35.3 Å². The van der Waals surface area contributed by atoms with Crippen molar-refractivity contribution in [3.8, 4) is 5.75 Å². The number of aryl methyl sites for hydroxylation is 1. The fourth-order valence-electron chi connectivity index (χ4n) is 7.89. The van der Waals surface area contributed by atoms with Crippen molar-refractivity contribution in [2.45, 2.75) is 127 Å². The van der Waals surface area contributed by atoms with Crippen LogP contribution in [0.3, 0.4) is 0 Å². The number of nitrogens with zero attached hydrogens (tertiary/aromatic N) is 1. The van der Waals surface area contributed by atoms with Gasteiger partial charge in [0.1, 0.15) is 17.1 Å². The summed E-state index contributed by atoms with van der Waals surface area (Å²) in [5, 5.41) is 2.80. The molecular formula is C49H62N2O9S2. The smallest absolute Gasteiger partial charge is 0.407 e. The Kier molecular flexibility index (Phi) is 14.6. The number of fused-ring (bicyclic) bond motifs is 1. The molecule has 2 aliphatic rings. The predicted octanol–water partition coefficient (Wildman–Crippen LogP) is 10.9. The third kappa shape index (κ3) is 11.5. The summed E-state index contributed by atoms with van der Waals surface area (Å²) in [4.78, 5) is 14.1. The minimum Gasteiger partial charge on any atom is -0.457 e. The molecular weight excluding hydrogens is 825 g/mol. The number of rotatable bonds is 15. The van der Waals surface area contributed by atoms with E-state index < -0.39 is 42.8 Å². The SMILES string of the molecule is C=C(/C=C/C1=C(Oc2ccc(CCNC(=O)OC(C)(C)C)cc2)C(=C/C=C2/N(CCCC)c3ccc(S(=O)(=O)O)cc3C2(C)C)/CCC1)C(C)(C)c1cc(S(=O)(=O)O)ccc1C. The average Bonchev–Trinajstić information content (AvgIpc) is 3.39. The summed E-state index contributed by atoms with van der Waals surface area (Å²) in [5.74, 6) is 1.32. The lowest BCUT2D eigenvalue weighted by molar-refractivity contribution is 0.0528. The molecule has 0 saturated carbocycles. The summed E-state index contributed by atoms with van der Waals surface area (Å²) in [6.45, 7) is 23.1. The molecule has 5 rings (SSSR count). The number of benzene rings is 3. The quantitative estimate of drug-likeness (QED) is 0.0990. The van der Waals surface area contributed by atoms with E-state index in [9.17, 15) is 30.7 Å². The zero-order valence-corrected chi connectivity index (χ0v) is 39.1. The molecule has 1 aliphatic carbocycles. The van der Waals surface area contributed by atoms with Crippen molar-refractivity contribution in [3.05, 3.63) is 142 Å². The number of amides is 1. The van der Waals surface area contributed by atoms with E-state index in [4.69, 9.17) is 9.47 Å². The Labute approximate surface area is 368 Å². The van der Waals surface area contributed by atoms with Crippen LogP contribution >= 0.6 is 0 Å². The van der Waals surface area contributed by atoms with Crippen LogP contribution in [0.2, 0.25) is 0 Å². The number of unbranched alkanes of at least 4 members (excludes halogenated alkanes) is 1. The van der Waals surface area contributed by atoms with E-state index in [1.807, 2.05) is 78.0 Å². The van der Waals surface area contributed by atoms with Crippen LogP contribution < -0.4 is 15.0 Å². The molecule has 0 fully saturated rings.